The van der Waals surface area contributed by atoms with Crippen LogP contribution in [0.5, 0.6) is 0 Å². The van der Waals surface area contributed by atoms with E-state index in [2.05, 4.69) is 77.9 Å². The van der Waals surface area contributed by atoms with E-state index in [0.29, 0.717) is 10.8 Å². The monoisotopic (exact) mass is 334 g/mol. The molecule has 3 rings (SSSR count). The molecule has 2 aromatic carbocycles. The third kappa shape index (κ3) is 2.94. The van der Waals surface area contributed by atoms with E-state index >= 15 is 0 Å². The summed E-state index contributed by atoms with van der Waals surface area (Å²) in [4.78, 5) is 0. The van der Waals surface area contributed by atoms with Gasteiger partial charge in [0, 0.05) is 0 Å². The molecule has 134 valence electrons. The highest BCUT2D eigenvalue weighted by Crippen LogP contribution is 2.42. The standard InChI is InChI=1S/C25H34/c1-7-24(5,8-2)20-11-13-22-18(16-20)15-19-17-21(12-14-23(19)22)25(6,9-3)10-4/h11-14,16-17H,7-10,15H2,1-6H3. The summed E-state index contributed by atoms with van der Waals surface area (Å²) >= 11 is 0. The summed E-state index contributed by atoms with van der Waals surface area (Å²) in [5.74, 6) is 0. The molecule has 0 heterocycles. The number of fused-ring (bicyclic) bond motifs is 3. The predicted octanol–water partition coefficient (Wildman–Crippen LogP) is 7.41. The van der Waals surface area contributed by atoms with E-state index in [4.69, 9.17) is 0 Å². The predicted molar refractivity (Wildman–Crippen MR) is 111 cm³/mol. The summed E-state index contributed by atoms with van der Waals surface area (Å²) in [6.07, 6.45) is 5.89. The van der Waals surface area contributed by atoms with Crippen molar-refractivity contribution in [2.24, 2.45) is 0 Å². The van der Waals surface area contributed by atoms with E-state index in [0.717, 1.165) is 6.42 Å². The fourth-order valence-corrected chi connectivity index (χ4v) is 4.28. The van der Waals surface area contributed by atoms with Gasteiger partial charge in [-0.3, -0.25) is 0 Å². The van der Waals surface area contributed by atoms with Crippen LogP contribution in [0.25, 0.3) is 11.1 Å². The van der Waals surface area contributed by atoms with Crippen molar-refractivity contribution in [3.63, 3.8) is 0 Å². The van der Waals surface area contributed by atoms with Crippen molar-refractivity contribution in [3.8, 4) is 11.1 Å². The maximum Gasteiger partial charge on any atom is -0.00132 e. The third-order valence-corrected chi connectivity index (χ3v) is 7.40. The van der Waals surface area contributed by atoms with E-state index in [9.17, 15) is 0 Å². The van der Waals surface area contributed by atoms with Crippen LogP contribution in [0.15, 0.2) is 36.4 Å². The van der Waals surface area contributed by atoms with Crippen molar-refractivity contribution in [1.29, 1.82) is 0 Å². The summed E-state index contributed by atoms with van der Waals surface area (Å²) in [7, 11) is 0. The maximum absolute atomic E-state index is 2.49. The van der Waals surface area contributed by atoms with Gasteiger partial charge < -0.3 is 0 Å². The third-order valence-electron chi connectivity index (χ3n) is 7.40. The quantitative estimate of drug-likeness (QED) is 0.440. The van der Waals surface area contributed by atoms with Crippen molar-refractivity contribution in [2.75, 3.05) is 0 Å². The molecule has 0 spiro atoms. The van der Waals surface area contributed by atoms with E-state index in [1.165, 1.54) is 59.1 Å². The average molecular weight is 335 g/mol. The molecule has 0 fully saturated rings. The zero-order chi connectivity index (χ0) is 18.2. The van der Waals surface area contributed by atoms with Crippen LogP contribution in [-0.2, 0) is 17.3 Å². The Kier molecular flexibility index (Phi) is 4.84. The highest BCUT2D eigenvalue weighted by atomic mass is 14.3. The van der Waals surface area contributed by atoms with Gasteiger partial charge in [-0.15, -0.1) is 0 Å². The topological polar surface area (TPSA) is 0 Å². The van der Waals surface area contributed by atoms with Gasteiger partial charge in [0.25, 0.3) is 0 Å². The molecular weight excluding hydrogens is 300 g/mol. The SMILES string of the molecule is CCC(C)(CC)c1ccc2c(c1)Cc1cc(C(C)(CC)CC)ccc1-2. The van der Waals surface area contributed by atoms with Crippen molar-refractivity contribution >= 4 is 0 Å². The second kappa shape index (κ2) is 6.63. The molecule has 0 heteroatoms. The number of hydrogen-bond acceptors (Lipinski definition) is 0. The lowest BCUT2D eigenvalue weighted by atomic mass is 9.77. The van der Waals surface area contributed by atoms with Gasteiger partial charge in [0.15, 0.2) is 0 Å². The summed E-state index contributed by atoms with van der Waals surface area (Å²) < 4.78 is 0. The van der Waals surface area contributed by atoms with Crippen LogP contribution in [0.3, 0.4) is 0 Å². The minimum atomic E-state index is 0.304. The smallest absolute Gasteiger partial charge is 0.00132 e. The van der Waals surface area contributed by atoms with Crippen molar-refractivity contribution in [2.45, 2.75) is 84.5 Å². The number of benzene rings is 2. The molecule has 1 aliphatic rings. The van der Waals surface area contributed by atoms with Gasteiger partial charge in [-0.05, 0) is 76.3 Å². The maximum atomic E-state index is 2.49. The average Bonchev–Trinajstić information content (AvgIpc) is 3.03. The molecule has 0 atom stereocenters. The molecule has 25 heavy (non-hydrogen) atoms. The number of hydrogen-bond donors (Lipinski definition) is 0. The van der Waals surface area contributed by atoms with Gasteiger partial charge in [0.1, 0.15) is 0 Å². The van der Waals surface area contributed by atoms with Crippen molar-refractivity contribution < 1.29 is 0 Å². The summed E-state index contributed by atoms with van der Waals surface area (Å²) in [6.45, 7) is 14.1. The van der Waals surface area contributed by atoms with Crippen LogP contribution in [-0.4, -0.2) is 0 Å². The lowest BCUT2D eigenvalue weighted by molar-refractivity contribution is 0.438. The van der Waals surface area contributed by atoms with E-state index in [-0.39, 0.29) is 0 Å². The van der Waals surface area contributed by atoms with E-state index in [1.807, 2.05) is 0 Å². The Bertz CT molecular complexity index is 692. The molecular formula is C25H34. The Morgan fingerprint density at radius 3 is 1.32 bits per heavy atom. The second-order valence-electron chi connectivity index (χ2n) is 8.46. The van der Waals surface area contributed by atoms with Gasteiger partial charge in [0.2, 0.25) is 0 Å². The largest absolute Gasteiger partial charge is 0.0645 e. The Morgan fingerprint density at radius 1 is 0.640 bits per heavy atom. The van der Waals surface area contributed by atoms with Gasteiger partial charge >= 0.3 is 0 Å². The summed E-state index contributed by atoms with van der Waals surface area (Å²) in [5.41, 5.74) is 9.58. The molecule has 1 aliphatic carbocycles. The lowest BCUT2D eigenvalue weighted by Crippen LogP contribution is -2.19. The van der Waals surface area contributed by atoms with E-state index in [1.54, 1.807) is 0 Å². The van der Waals surface area contributed by atoms with Gasteiger partial charge in [-0.1, -0.05) is 77.9 Å². The first-order valence-electron chi connectivity index (χ1n) is 10.2. The fourth-order valence-electron chi connectivity index (χ4n) is 4.28. The zero-order valence-electron chi connectivity index (χ0n) is 17.0. The molecule has 0 N–H and O–H groups in total. The summed E-state index contributed by atoms with van der Waals surface area (Å²) in [6, 6.07) is 14.5. The van der Waals surface area contributed by atoms with Crippen LogP contribution < -0.4 is 0 Å². The highest BCUT2D eigenvalue weighted by Gasteiger charge is 2.28. The molecule has 0 aromatic heterocycles. The van der Waals surface area contributed by atoms with Crippen LogP contribution in [0, 0.1) is 0 Å². The Hall–Kier alpha value is -1.56. The molecule has 2 aromatic rings. The minimum absolute atomic E-state index is 0.304. The minimum Gasteiger partial charge on any atom is -0.0645 e. The van der Waals surface area contributed by atoms with Crippen LogP contribution >= 0.6 is 0 Å². The molecule has 0 unspecified atom stereocenters. The first kappa shape index (κ1) is 18.2. The number of rotatable bonds is 6. The summed E-state index contributed by atoms with van der Waals surface area (Å²) in [5, 5.41) is 0. The molecule has 0 radical (unpaired) electrons. The van der Waals surface area contributed by atoms with Crippen molar-refractivity contribution in [1.82, 2.24) is 0 Å². The first-order chi connectivity index (χ1) is 11.9. The molecule has 0 saturated carbocycles. The fraction of sp³-hybridized carbons (Fsp3) is 0.520. The molecule has 0 saturated heterocycles. The zero-order valence-corrected chi connectivity index (χ0v) is 17.0. The molecule has 0 aliphatic heterocycles. The normalized spacial score (nSPS) is 13.7. The van der Waals surface area contributed by atoms with Gasteiger partial charge in [-0.2, -0.15) is 0 Å². The van der Waals surface area contributed by atoms with Gasteiger partial charge in [0.05, 0.1) is 0 Å². The molecule has 0 nitrogen and oxygen atoms in total. The molecule has 0 amide bonds. The lowest BCUT2D eigenvalue weighted by Gasteiger charge is -2.28. The van der Waals surface area contributed by atoms with E-state index < -0.39 is 0 Å². The van der Waals surface area contributed by atoms with Crippen LogP contribution in [0.2, 0.25) is 0 Å². The Morgan fingerprint density at radius 2 is 1.00 bits per heavy atom. The van der Waals surface area contributed by atoms with Crippen LogP contribution in [0.1, 0.15) is 89.5 Å². The van der Waals surface area contributed by atoms with Gasteiger partial charge in [-0.25, -0.2) is 0 Å². The van der Waals surface area contributed by atoms with Crippen LogP contribution in [0.4, 0.5) is 0 Å². The first-order valence-corrected chi connectivity index (χ1v) is 10.2. The Balaban J connectivity index is 2.00. The molecule has 0 bridgehead atoms. The van der Waals surface area contributed by atoms with Crippen molar-refractivity contribution in [3.05, 3.63) is 58.7 Å². The highest BCUT2D eigenvalue weighted by molar-refractivity contribution is 5.77. The second-order valence-corrected chi connectivity index (χ2v) is 8.46. The Labute approximate surface area is 154 Å².